The maximum absolute atomic E-state index is 12.4. The summed E-state index contributed by atoms with van der Waals surface area (Å²) in [5.41, 5.74) is 2.41. The van der Waals surface area contributed by atoms with Crippen molar-refractivity contribution >= 4 is 5.91 Å². The first-order chi connectivity index (χ1) is 12.1. The minimum atomic E-state index is -0.0292. The molecule has 134 valence electrons. The number of H-pyrrole nitrogens is 1. The van der Waals surface area contributed by atoms with Crippen LogP contribution in [0.25, 0.3) is 0 Å². The van der Waals surface area contributed by atoms with Gasteiger partial charge in [0.05, 0.1) is 36.3 Å². The first-order valence-corrected chi connectivity index (χ1v) is 8.45. The van der Waals surface area contributed by atoms with Crippen LogP contribution >= 0.6 is 0 Å². The normalized spacial score (nSPS) is 18.1. The van der Waals surface area contributed by atoms with Gasteiger partial charge in [0.1, 0.15) is 0 Å². The van der Waals surface area contributed by atoms with E-state index in [1.807, 2.05) is 12.1 Å². The van der Waals surface area contributed by atoms with Gasteiger partial charge in [0, 0.05) is 26.7 Å². The minimum absolute atomic E-state index is 0.0292. The Bertz CT molecular complexity index is 712. The predicted octanol–water partition coefficient (Wildman–Crippen LogP) is 1.64. The molecule has 0 saturated carbocycles. The fourth-order valence-corrected chi connectivity index (χ4v) is 3.22. The smallest absolute Gasteiger partial charge is 0.256 e. The molecule has 0 aromatic carbocycles. The lowest BCUT2D eigenvalue weighted by Gasteiger charge is -2.35. The van der Waals surface area contributed by atoms with Gasteiger partial charge in [0.15, 0.2) is 0 Å². The number of amides is 1. The van der Waals surface area contributed by atoms with Crippen LogP contribution in [0.15, 0.2) is 18.3 Å². The zero-order valence-corrected chi connectivity index (χ0v) is 14.9. The zero-order chi connectivity index (χ0) is 17.8. The molecule has 1 N–H and O–H groups in total. The molecule has 8 heteroatoms. The summed E-state index contributed by atoms with van der Waals surface area (Å²) in [6.45, 7) is 1.63. The number of nitrogens with one attached hydrogen (secondary N) is 1. The maximum atomic E-state index is 12.4. The van der Waals surface area contributed by atoms with E-state index in [9.17, 15) is 4.79 Å². The van der Waals surface area contributed by atoms with Crippen molar-refractivity contribution < 1.29 is 9.53 Å². The second-order valence-electron chi connectivity index (χ2n) is 6.45. The average Bonchev–Trinajstić information content (AvgIpc) is 3.11. The van der Waals surface area contributed by atoms with Gasteiger partial charge < -0.3 is 9.64 Å². The number of piperidine rings is 1. The van der Waals surface area contributed by atoms with E-state index in [0.29, 0.717) is 18.0 Å². The highest BCUT2D eigenvalue weighted by molar-refractivity contribution is 5.94. The second kappa shape index (κ2) is 7.60. The number of ether oxygens (including phenoxy) is 1. The number of nitrogens with zero attached hydrogens (tertiary/aromatic N) is 5. The Balaban J connectivity index is 1.81. The largest absolute Gasteiger partial charge is 0.480 e. The van der Waals surface area contributed by atoms with E-state index in [1.165, 1.54) is 0 Å². The third-order valence-electron chi connectivity index (χ3n) is 4.52. The van der Waals surface area contributed by atoms with Crippen molar-refractivity contribution in [3.8, 4) is 5.88 Å². The van der Waals surface area contributed by atoms with Crippen LogP contribution < -0.4 is 4.74 Å². The molecule has 1 atom stereocenters. The fraction of sp³-hybridized carbons (Fsp3) is 0.529. The number of rotatable bonds is 5. The molecule has 2 aromatic heterocycles. The van der Waals surface area contributed by atoms with Gasteiger partial charge in [0.25, 0.3) is 5.91 Å². The number of carbonyl (C=O) groups is 1. The highest BCUT2D eigenvalue weighted by atomic mass is 16.5. The van der Waals surface area contributed by atoms with Crippen molar-refractivity contribution in [2.45, 2.75) is 31.8 Å². The van der Waals surface area contributed by atoms with Crippen molar-refractivity contribution in [1.29, 1.82) is 0 Å². The van der Waals surface area contributed by atoms with Gasteiger partial charge in [-0.1, -0.05) is 6.42 Å². The molecule has 1 fully saturated rings. The van der Waals surface area contributed by atoms with E-state index in [-0.39, 0.29) is 11.9 Å². The molecule has 0 radical (unpaired) electrons. The molecule has 8 nitrogen and oxygen atoms in total. The molecular weight excluding hydrogens is 320 g/mol. The number of aromatic nitrogens is 4. The van der Waals surface area contributed by atoms with Gasteiger partial charge in [-0.15, -0.1) is 5.10 Å². The molecule has 3 rings (SSSR count). The van der Waals surface area contributed by atoms with Crippen molar-refractivity contribution in [2.24, 2.45) is 0 Å². The zero-order valence-electron chi connectivity index (χ0n) is 14.9. The van der Waals surface area contributed by atoms with Crippen molar-refractivity contribution in [1.82, 2.24) is 30.2 Å². The van der Waals surface area contributed by atoms with E-state index in [4.69, 9.17) is 4.74 Å². The standard InChI is InChI=1S/C17H24N6O2/c1-22(2)17(24)13-10-18-21-16(13)14-6-4-5-9-23(14)11-12-7-8-15(25-3)20-19-12/h7-8,10,14H,4-6,9,11H2,1-3H3,(H,18,21). The number of hydrogen-bond acceptors (Lipinski definition) is 6. The van der Waals surface area contributed by atoms with Gasteiger partial charge in [-0.3, -0.25) is 14.8 Å². The van der Waals surface area contributed by atoms with Gasteiger partial charge in [0.2, 0.25) is 5.88 Å². The van der Waals surface area contributed by atoms with Crippen molar-refractivity contribution in [3.05, 3.63) is 35.3 Å². The molecule has 1 amide bonds. The van der Waals surface area contributed by atoms with Gasteiger partial charge in [-0.25, -0.2) is 0 Å². The van der Waals surface area contributed by atoms with Crippen LogP contribution in [-0.4, -0.2) is 63.9 Å². The minimum Gasteiger partial charge on any atom is -0.480 e. The van der Waals surface area contributed by atoms with Crippen LogP contribution in [0, 0.1) is 0 Å². The van der Waals surface area contributed by atoms with E-state index in [0.717, 1.165) is 37.2 Å². The van der Waals surface area contributed by atoms with E-state index in [1.54, 1.807) is 32.3 Å². The molecule has 0 aliphatic carbocycles. The van der Waals surface area contributed by atoms with Crippen LogP contribution in [-0.2, 0) is 6.54 Å². The number of hydrogen-bond donors (Lipinski definition) is 1. The van der Waals surface area contributed by atoms with Crippen LogP contribution in [0.5, 0.6) is 5.88 Å². The fourth-order valence-electron chi connectivity index (χ4n) is 3.22. The van der Waals surface area contributed by atoms with Crippen LogP contribution in [0.2, 0.25) is 0 Å². The van der Waals surface area contributed by atoms with Gasteiger partial charge >= 0.3 is 0 Å². The maximum Gasteiger partial charge on any atom is 0.256 e. The average molecular weight is 344 g/mol. The number of aromatic amines is 1. The summed E-state index contributed by atoms with van der Waals surface area (Å²) in [6, 6.07) is 3.87. The first-order valence-electron chi connectivity index (χ1n) is 8.45. The van der Waals surface area contributed by atoms with Crippen LogP contribution in [0.4, 0.5) is 0 Å². The Morgan fingerprint density at radius 2 is 2.20 bits per heavy atom. The van der Waals surface area contributed by atoms with Crippen molar-refractivity contribution in [2.75, 3.05) is 27.7 Å². The Morgan fingerprint density at radius 1 is 1.36 bits per heavy atom. The number of likely N-dealkylation sites (tertiary alicyclic amines) is 1. The summed E-state index contributed by atoms with van der Waals surface area (Å²) in [5, 5.41) is 15.4. The van der Waals surface area contributed by atoms with Crippen molar-refractivity contribution in [3.63, 3.8) is 0 Å². The molecule has 1 aliphatic rings. The third kappa shape index (κ3) is 3.79. The molecular formula is C17H24N6O2. The van der Waals surface area contributed by atoms with Crippen LogP contribution in [0.1, 0.15) is 47.1 Å². The molecule has 1 aliphatic heterocycles. The summed E-state index contributed by atoms with van der Waals surface area (Å²) >= 11 is 0. The van der Waals surface area contributed by atoms with Gasteiger partial charge in [-0.05, 0) is 25.5 Å². The summed E-state index contributed by atoms with van der Waals surface area (Å²) in [7, 11) is 5.08. The highest BCUT2D eigenvalue weighted by Crippen LogP contribution is 2.32. The second-order valence-corrected chi connectivity index (χ2v) is 6.45. The quantitative estimate of drug-likeness (QED) is 0.887. The lowest BCUT2D eigenvalue weighted by atomic mass is 9.96. The Labute approximate surface area is 147 Å². The molecule has 0 spiro atoms. The topological polar surface area (TPSA) is 87.2 Å². The number of methoxy groups -OCH3 is 1. The molecule has 1 unspecified atom stereocenters. The molecule has 25 heavy (non-hydrogen) atoms. The molecule has 1 saturated heterocycles. The molecule has 3 heterocycles. The lowest BCUT2D eigenvalue weighted by Crippen LogP contribution is -2.35. The number of carbonyl (C=O) groups excluding carboxylic acids is 1. The highest BCUT2D eigenvalue weighted by Gasteiger charge is 2.30. The SMILES string of the molecule is COc1ccc(CN2CCCCC2c2[nH]ncc2C(=O)N(C)C)nn1. The first kappa shape index (κ1) is 17.3. The van der Waals surface area contributed by atoms with Gasteiger partial charge in [-0.2, -0.15) is 10.2 Å². The van der Waals surface area contributed by atoms with E-state index < -0.39 is 0 Å². The Hall–Kier alpha value is -2.48. The summed E-state index contributed by atoms with van der Waals surface area (Å²) < 4.78 is 5.06. The predicted molar refractivity (Wildman–Crippen MR) is 92.2 cm³/mol. The summed E-state index contributed by atoms with van der Waals surface area (Å²) in [6.07, 6.45) is 4.87. The van der Waals surface area contributed by atoms with Crippen LogP contribution in [0.3, 0.4) is 0 Å². The summed E-state index contributed by atoms with van der Waals surface area (Å²) in [4.78, 5) is 16.3. The van der Waals surface area contributed by atoms with E-state index >= 15 is 0 Å². The van der Waals surface area contributed by atoms with E-state index in [2.05, 4.69) is 25.3 Å². The lowest BCUT2D eigenvalue weighted by molar-refractivity contribution is 0.0818. The Morgan fingerprint density at radius 3 is 2.88 bits per heavy atom. The Kier molecular flexibility index (Phi) is 5.28. The third-order valence-corrected chi connectivity index (χ3v) is 4.52. The monoisotopic (exact) mass is 344 g/mol. The molecule has 0 bridgehead atoms. The summed E-state index contributed by atoms with van der Waals surface area (Å²) in [5.74, 6) is 0.477. The molecule has 2 aromatic rings.